The lowest BCUT2D eigenvalue weighted by molar-refractivity contribution is -0.138. The molecule has 2 aliphatic rings. The van der Waals surface area contributed by atoms with Crippen LogP contribution in [-0.4, -0.2) is 23.0 Å². The summed E-state index contributed by atoms with van der Waals surface area (Å²) in [5.41, 5.74) is 0.386. The molecule has 4 nitrogen and oxygen atoms in total. The highest BCUT2D eigenvalue weighted by molar-refractivity contribution is 5.81. The zero-order chi connectivity index (χ0) is 11.6. The highest BCUT2D eigenvalue weighted by Gasteiger charge is 2.54. The van der Waals surface area contributed by atoms with Crippen LogP contribution in [-0.2, 0) is 9.59 Å². The minimum Gasteiger partial charge on any atom is -0.481 e. The Morgan fingerprint density at radius 2 is 1.88 bits per heavy atom. The monoisotopic (exact) mass is 225 g/mol. The van der Waals surface area contributed by atoms with Crippen LogP contribution >= 0.6 is 0 Å². The number of carboxylic acid groups (broad SMARTS) is 1. The van der Waals surface area contributed by atoms with Gasteiger partial charge in [-0.25, -0.2) is 0 Å². The maximum absolute atomic E-state index is 11.4. The van der Waals surface area contributed by atoms with Crippen molar-refractivity contribution >= 4 is 11.9 Å². The molecular weight excluding hydrogens is 206 g/mol. The van der Waals surface area contributed by atoms with Crippen molar-refractivity contribution in [1.29, 1.82) is 0 Å². The molecule has 0 bridgehead atoms. The van der Waals surface area contributed by atoms with Gasteiger partial charge in [-0.3, -0.25) is 9.59 Å². The number of amides is 1. The van der Waals surface area contributed by atoms with Crippen LogP contribution in [0.1, 0.15) is 51.4 Å². The third-order valence-corrected chi connectivity index (χ3v) is 3.94. The fraction of sp³-hybridized carbons (Fsp3) is 0.833. The van der Waals surface area contributed by atoms with Gasteiger partial charge in [-0.05, 0) is 24.7 Å². The molecule has 0 saturated heterocycles. The summed E-state index contributed by atoms with van der Waals surface area (Å²) in [6, 6.07) is 0.328. The minimum absolute atomic E-state index is 0.0639. The summed E-state index contributed by atoms with van der Waals surface area (Å²) in [6.07, 6.45) is 7.50. The SMILES string of the molecule is O=C(O)CCC(=O)NC1CC12CCCCC2. The van der Waals surface area contributed by atoms with Crippen molar-refractivity contribution in [2.24, 2.45) is 5.41 Å². The van der Waals surface area contributed by atoms with Gasteiger partial charge in [0.05, 0.1) is 6.42 Å². The van der Waals surface area contributed by atoms with Gasteiger partial charge in [0, 0.05) is 12.5 Å². The maximum Gasteiger partial charge on any atom is 0.303 e. The van der Waals surface area contributed by atoms with E-state index in [0.717, 1.165) is 6.42 Å². The summed E-state index contributed by atoms with van der Waals surface area (Å²) in [4.78, 5) is 21.8. The molecule has 0 radical (unpaired) electrons. The van der Waals surface area contributed by atoms with E-state index in [4.69, 9.17) is 5.11 Å². The van der Waals surface area contributed by atoms with Crippen LogP contribution in [0.4, 0.5) is 0 Å². The number of hydrogen-bond acceptors (Lipinski definition) is 2. The third-order valence-electron chi connectivity index (χ3n) is 3.94. The van der Waals surface area contributed by atoms with Crippen molar-refractivity contribution in [2.45, 2.75) is 57.4 Å². The quantitative estimate of drug-likeness (QED) is 0.765. The summed E-state index contributed by atoms with van der Waals surface area (Å²) in [6.45, 7) is 0. The second-order valence-electron chi connectivity index (χ2n) is 5.14. The molecular formula is C12H19NO3. The second-order valence-corrected chi connectivity index (χ2v) is 5.14. The Labute approximate surface area is 95.4 Å². The summed E-state index contributed by atoms with van der Waals surface area (Å²) < 4.78 is 0. The highest BCUT2D eigenvalue weighted by atomic mass is 16.4. The lowest BCUT2D eigenvalue weighted by atomic mass is 9.86. The van der Waals surface area contributed by atoms with Gasteiger partial charge in [0.15, 0.2) is 0 Å². The standard InChI is InChI=1S/C12H19NO3/c14-10(4-5-11(15)16)13-9-8-12(9)6-2-1-3-7-12/h9H,1-8H2,(H,13,14)(H,15,16). The highest BCUT2D eigenvalue weighted by Crippen LogP contribution is 2.56. The average molecular weight is 225 g/mol. The van der Waals surface area contributed by atoms with Gasteiger partial charge in [-0.1, -0.05) is 19.3 Å². The minimum atomic E-state index is -0.904. The van der Waals surface area contributed by atoms with Crippen molar-refractivity contribution in [1.82, 2.24) is 5.32 Å². The van der Waals surface area contributed by atoms with Gasteiger partial charge >= 0.3 is 5.97 Å². The first-order valence-electron chi connectivity index (χ1n) is 6.14. The summed E-state index contributed by atoms with van der Waals surface area (Å²) in [5.74, 6) is -1.01. The van der Waals surface area contributed by atoms with Crippen LogP contribution in [0, 0.1) is 5.41 Å². The fourth-order valence-electron chi connectivity index (χ4n) is 2.85. The van der Waals surface area contributed by atoms with Crippen LogP contribution in [0.5, 0.6) is 0 Å². The van der Waals surface area contributed by atoms with Crippen LogP contribution in [0.2, 0.25) is 0 Å². The number of carbonyl (C=O) groups is 2. The molecule has 2 saturated carbocycles. The molecule has 0 heterocycles. The van der Waals surface area contributed by atoms with E-state index in [-0.39, 0.29) is 18.7 Å². The van der Waals surface area contributed by atoms with Gasteiger partial charge in [0.25, 0.3) is 0 Å². The molecule has 16 heavy (non-hydrogen) atoms. The number of carboxylic acids is 1. The normalized spacial score (nSPS) is 26.4. The van der Waals surface area contributed by atoms with Crippen molar-refractivity contribution in [2.75, 3.05) is 0 Å². The van der Waals surface area contributed by atoms with Crippen LogP contribution in [0.25, 0.3) is 0 Å². The van der Waals surface area contributed by atoms with Crippen LogP contribution < -0.4 is 5.32 Å². The van der Waals surface area contributed by atoms with E-state index in [1.165, 1.54) is 32.1 Å². The largest absolute Gasteiger partial charge is 0.481 e. The zero-order valence-corrected chi connectivity index (χ0v) is 9.50. The van der Waals surface area contributed by atoms with E-state index in [1.54, 1.807) is 0 Å². The average Bonchev–Trinajstić information content (AvgIpc) is 2.89. The van der Waals surface area contributed by atoms with Gasteiger partial charge in [0.2, 0.25) is 5.91 Å². The van der Waals surface area contributed by atoms with Crippen molar-refractivity contribution in [3.63, 3.8) is 0 Å². The van der Waals surface area contributed by atoms with Gasteiger partial charge in [0.1, 0.15) is 0 Å². The Balaban J connectivity index is 1.71. The molecule has 4 heteroatoms. The Morgan fingerprint density at radius 3 is 2.50 bits per heavy atom. The first kappa shape index (κ1) is 11.4. The van der Waals surface area contributed by atoms with Crippen molar-refractivity contribution in [3.05, 3.63) is 0 Å². The van der Waals surface area contributed by atoms with Crippen LogP contribution in [0.15, 0.2) is 0 Å². The number of nitrogens with one attached hydrogen (secondary N) is 1. The first-order chi connectivity index (χ1) is 7.62. The van der Waals surface area contributed by atoms with Gasteiger partial charge < -0.3 is 10.4 Å². The molecule has 0 aromatic carbocycles. The number of aliphatic carboxylic acids is 1. The first-order valence-corrected chi connectivity index (χ1v) is 6.14. The molecule has 1 spiro atoms. The summed E-state index contributed by atoms with van der Waals surface area (Å²) in [7, 11) is 0. The predicted octanol–water partition coefficient (Wildman–Crippen LogP) is 1.69. The van der Waals surface area contributed by atoms with E-state index >= 15 is 0 Å². The van der Waals surface area contributed by atoms with E-state index in [9.17, 15) is 9.59 Å². The number of hydrogen-bond donors (Lipinski definition) is 2. The molecule has 0 aromatic rings. The molecule has 2 rings (SSSR count). The number of carbonyl (C=O) groups excluding carboxylic acids is 1. The maximum atomic E-state index is 11.4. The lowest BCUT2D eigenvalue weighted by Crippen LogP contribution is -2.30. The van der Waals surface area contributed by atoms with Gasteiger partial charge in [-0.2, -0.15) is 0 Å². The molecule has 0 aliphatic heterocycles. The van der Waals surface area contributed by atoms with Crippen LogP contribution in [0.3, 0.4) is 0 Å². The second kappa shape index (κ2) is 4.44. The topological polar surface area (TPSA) is 66.4 Å². The van der Waals surface area contributed by atoms with Gasteiger partial charge in [-0.15, -0.1) is 0 Å². The predicted molar refractivity (Wildman–Crippen MR) is 58.9 cm³/mol. The molecule has 0 aromatic heterocycles. The number of rotatable bonds is 4. The summed E-state index contributed by atoms with van der Waals surface area (Å²) in [5, 5.41) is 11.4. The smallest absolute Gasteiger partial charge is 0.303 e. The van der Waals surface area contributed by atoms with E-state index in [2.05, 4.69) is 5.32 Å². The Hall–Kier alpha value is -1.06. The van der Waals surface area contributed by atoms with Crippen molar-refractivity contribution < 1.29 is 14.7 Å². The molecule has 90 valence electrons. The fourth-order valence-corrected chi connectivity index (χ4v) is 2.85. The Kier molecular flexibility index (Phi) is 3.17. The Bertz CT molecular complexity index is 295. The third kappa shape index (κ3) is 2.54. The molecule has 1 atom stereocenters. The van der Waals surface area contributed by atoms with Crippen molar-refractivity contribution in [3.8, 4) is 0 Å². The van der Waals surface area contributed by atoms with E-state index in [0.29, 0.717) is 11.5 Å². The molecule has 2 aliphatic carbocycles. The van der Waals surface area contributed by atoms with E-state index < -0.39 is 5.97 Å². The van der Waals surface area contributed by atoms with E-state index in [1.807, 2.05) is 0 Å². The summed E-state index contributed by atoms with van der Waals surface area (Å²) >= 11 is 0. The molecule has 2 N–H and O–H groups in total. The lowest BCUT2D eigenvalue weighted by Gasteiger charge is -2.22. The molecule has 1 unspecified atom stereocenters. The molecule has 2 fully saturated rings. The Morgan fingerprint density at radius 1 is 1.19 bits per heavy atom. The zero-order valence-electron chi connectivity index (χ0n) is 9.50. The molecule has 1 amide bonds.